The smallest absolute Gasteiger partial charge is 0.257 e. The zero-order valence-corrected chi connectivity index (χ0v) is 20.1. The first kappa shape index (κ1) is 23.0. The highest BCUT2D eigenvalue weighted by Crippen LogP contribution is 2.27. The molecule has 1 aliphatic heterocycles. The van der Waals surface area contributed by atoms with Gasteiger partial charge in [0.1, 0.15) is 0 Å². The normalized spacial score (nSPS) is 15.3. The van der Waals surface area contributed by atoms with Gasteiger partial charge in [0, 0.05) is 42.3 Å². The van der Waals surface area contributed by atoms with Gasteiger partial charge in [0.15, 0.2) is 5.16 Å². The number of hydrogen-bond acceptors (Lipinski definition) is 5. The molecule has 1 unspecified atom stereocenters. The Labute approximate surface area is 190 Å². The summed E-state index contributed by atoms with van der Waals surface area (Å²) in [5.41, 5.74) is 2.42. The van der Waals surface area contributed by atoms with Crippen LogP contribution >= 0.6 is 27.7 Å². The Kier molecular flexibility index (Phi) is 8.13. The van der Waals surface area contributed by atoms with Crippen LogP contribution in [0.5, 0.6) is 0 Å². The molecule has 0 N–H and O–H groups in total. The molecule has 1 amide bonds. The molecular formula is C22H28BrN3O3S. The molecule has 2 heterocycles. The van der Waals surface area contributed by atoms with Crippen molar-refractivity contribution in [2.75, 3.05) is 26.3 Å². The van der Waals surface area contributed by atoms with Crippen LogP contribution in [0.15, 0.2) is 38.7 Å². The van der Waals surface area contributed by atoms with Gasteiger partial charge in [-0.15, -0.1) is 0 Å². The molecule has 0 radical (unpaired) electrons. The Bertz CT molecular complexity index is 940. The summed E-state index contributed by atoms with van der Waals surface area (Å²) in [6.45, 7) is 6.34. The summed E-state index contributed by atoms with van der Waals surface area (Å²) in [5, 5.41) is 0.347. The molecule has 0 saturated carbocycles. The van der Waals surface area contributed by atoms with Crippen LogP contribution in [-0.4, -0.2) is 51.9 Å². The molecule has 0 bridgehead atoms. The van der Waals surface area contributed by atoms with E-state index in [2.05, 4.69) is 22.9 Å². The summed E-state index contributed by atoms with van der Waals surface area (Å²) in [6, 6.07) is 7.95. The van der Waals surface area contributed by atoms with E-state index in [4.69, 9.17) is 9.72 Å². The van der Waals surface area contributed by atoms with E-state index in [-0.39, 0.29) is 16.7 Å². The van der Waals surface area contributed by atoms with Crippen LogP contribution in [0, 0.1) is 6.92 Å². The van der Waals surface area contributed by atoms with Crippen molar-refractivity contribution in [1.29, 1.82) is 0 Å². The van der Waals surface area contributed by atoms with Crippen LogP contribution in [0.4, 0.5) is 0 Å². The third kappa shape index (κ3) is 5.53. The maximum Gasteiger partial charge on any atom is 0.257 e. The molecular weight excluding hydrogens is 466 g/mol. The van der Waals surface area contributed by atoms with Crippen molar-refractivity contribution in [2.45, 2.75) is 43.5 Å². The van der Waals surface area contributed by atoms with E-state index in [1.165, 1.54) is 11.8 Å². The van der Waals surface area contributed by atoms with Gasteiger partial charge in [-0.05, 0) is 31.0 Å². The highest BCUT2D eigenvalue weighted by molar-refractivity contribution is 9.10. The fraction of sp³-hybridized carbons (Fsp3) is 0.500. The third-order valence-corrected chi connectivity index (χ3v) is 7.07. The molecule has 3 rings (SSSR count). The first-order chi connectivity index (χ1) is 14.4. The number of aryl methyl sites for hydroxylation is 1. The number of hydrogen-bond donors (Lipinski definition) is 0. The lowest BCUT2D eigenvalue weighted by Gasteiger charge is -2.30. The van der Waals surface area contributed by atoms with Crippen molar-refractivity contribution in [3.8, 4) is 0 Å². The van der Waals surface area contributed by atoms with Crippen LogP contribution in [0.1, 0.15) is 36.6 Å². The van der Waals surface area contributed by atoms with Crippen LogP contribution in [0.3, 0.4) is 0 Å². The van der Waals surface area contributed by atoms with E-state index in [9.17, 15) is 9.59 Å². The number of amides is 1. The van der Waals surface area contributed by atoms with E-state index in [1.807, 2.05) is 36.1 Å². The van der Waals surface area contributed by atoms with Gasteiger partial charge in [-0.1, -0.05) is 53.2 Å². The summed E-state index contributed by atoms with van der Waals surface area (Å²) in [4.78, 5) is 32.7. The van der Waals surface area contributed by atoms with E-state index < -0.39 is 0 Å². The number of ether oxygens (including phenoxy) is 1. The summed E-state index contributed by atoms with van der Waals surface area (Å²) >= 11 is 4.84. The maximum atomic E-state index is 13.1. The molecule has 1 fully saturated rings. The number of aromatic nitrogens is 2. The quantitative estimate of drug-likeness (QED) is 0.435. The third-order valence-electron chi connectivity index (χ3n) is 5.24. The number of carbonyl (C=O) groups excluding carboxylic acids is 1. The lowest BCUT2D eigenvalue weighted by molar-refractivity contribution is -0.134. The first-order valence-corrected chi connectivity index (χ1v) is 11.9. The first-order valence-electron chi connectivity index (χ1n) is 10.2. The average Bonchev–Trinajstić information content (AvgIpc) is 2.76. The van der Waals surface area contributed by atoms with Crippen molar-refractivity contribution < 1.29 is 9.53 Å². The highest BCUT2D eigenvalue weighted by atomic mass is 79.9. The lowest BCUT2D eigenvalue weighted by atomic mass is 10.1. The van der Waals surface area contributed by atoms with Crippen LogP contribution < -0.4 is 5.56 Å². The summed E-state index contributed by atoms with van der Waals surface area (Å²) in [7, 11) is 1.74. The molecule has 8 heteroatoms. The molecule has 0 aliphatic carbocycles. The molecule has 0 spiro atoms. The van der Waals surface area contributed by atoms with E-state index >= 15 is 0 Å². The zero-order chi connectivity index (χ0) is 21.7. The van der Waals surface area contributed by atoms with Gasteiger partial charge in [-0.25, -0.2) is 4.98 Å². The van der Waals surface area contributed by atoms with Crippen LogP contribution in [0.25, 0.3) is 0 Å². The molecule has 1 atom stereocenters. The number of carbonyl (C=O) groups is 1. The lowest BCUT2D eigenvalue weighted by Crippen LogP contribution is -2.45. The molecule has 6 nitrogen and oxygen atoms in total. The number of morpholine rings is 1. The van der Waals surface area contributed by atoms with Crippen molar-refractivity contribution >= 4 is 33.6 Å². The topological polar surface area (TPSA) is 64.4 Å². The van der Waals surface area contributed by atoms with E-state index in [0.29, 0.717) is 43.4 Å². The number of halogens is 1. The number of nitrogens with zero attached hydrogens (tertiary/aromatic N) is 3. The number of thioether (sulfide) groups is 1. The largest absolute Gasteiger partial charge is 0.378 e. The van der Waals surface area contributed by atoms with Crippen molar-refractivity contribution in [2.24, 2.45) is 7.05 Å². The maximum absolute atomic E-state index is 13.1. The monoisotopic (exact) mass is 493 g/mol. The molecule has 2 aromatic rings. The predicted octanol–water partition coefficient (Wildman–Crippen LogP) is 3.56. The van der Waals surface area contributed by atoms with Gasteiger partial charge in [0.2, 0.25) is 5.91 Å². The van der Waals surface area contributed by atoms with Gasteiger partial charge in [-0.3, -0.25) is 14.2 Å². The summed E-state index contributed by atoms with van der Waals surface area (Å²) < 4.78 is 7.96. The van der Waals surface area contributed by atoms with Gasteiger partial charge in [-0.2, -0.15) is 0 Å². The highest BCUT2D eigenvalue weighted by Gasteiger charge is 2.28. The second-order valence-corrected chi connectivity index (χ2v) is 9.54. The predicted molar refractivity (Wildman–Crippen MR) is 123 cm³/mol. The fourth-order valence-corrected chi connectivity index (χ4v) is 5.01. The van der Waals surface area contributed by atoms with Gasteiger partial charge < -0.3 is 9.64 Å². The Hall–Kier alpha value is -1.64. The van der Waals surface area contributed by atoms with E-state index in [0.717, 1.165) is 28.6 Å². The molecule has 162 valence electrons. The fourth-order valence-electron chi connectivity index (χ4n) is 3.45. The van der Waals surface area contributed by atoms with Crippen LogP contribution in [0.2, 0.25) is 0 Å². The van der Waals surface area contributed by atoms with Gasteiger partial charge in [0.25, 0.3) is 5.56 Å². The minimum absolute atomic E-state index is 0.0537. The van der Waals surface area contributed by atoms with Crippen molar-refractivity contribution in [3.63, 3.8) is 0 Å². The average molecular weight is 494 g/mol. The van der Waals surface area contributed by atoms with E-state index in [1.54, 1.807) is 11.6 Å². The van der Waals surface area contributed by atoms with Crippen molar-refractivity contribution in [1.82, 2.24) is 14.5 Å². The SMILES string of the molecule is CCCC(Sc1nc(C)c(Cc2ccc(Br)cc2)c(=O)n1C)C(=O)N1CCOCC1. The van der Waals surface area contributed by atoms with Gasteiger partial charge >= 0.3 is 0 Å². The standard InChI is InChI=1S/C22H28BrN3O3S/c1-4-5-19(21(28)26-10-12-29-13-11-26)30-22-24-15(2)18(20(27)25(22)3)14-16-6-8-17(23)9-7-16/h6-9,19H,4-5,10-14H2,1-3H3. The molecule has 30 heavy (non-hydrogen) atoms. The van der Waals surface area contributed by atoms with Crippen LogP contribution in [-0.2, 0) is 23.0 Å². The summed E-state index contributed by atoms with van der Waals surface area (Å²) in [5.74, 6) is 0.107. The Morgan fingerprint density at radius 1 is 1.27 bits per heavy atom. The van der Waals surface area contributed by atoms with Crippen molar-refractivity contribution in [3.05, 3.63) is 55.9 Å². The molecule has 1 aliphatic rings. The second-order valence-electron chi connectivity index (χ2n) is 7.46. The second kappa shape index (κ2) is 10.6. The molecule has 1 aromatic carbocycles. The Morgan fingerprint density at radius 3 is 2.57 bits per heavy atom. The van der Waals surface area contributed by atoms with Gasteiger partial charge in [0.05, 0.1) is 18.5 Å². The molecule has 1 aromatic heterocycles. The Balaban J connectivity index is 1.83. The number of rotatable bonds is 7. The summed E-state index contributed by atoms with van der Waals surface area (Å²) in [6.07, 6.45) is 2.17. The zero-order valence-electron chi connectivity index (χ0n) is 17.7. The molecule has 1 saturated heterocycles. The number of benzene rings is 1. The minimum atomic E-state index is -0.247. The minimum Gasteiger partial charge on any atom is -0.378 e. The Morgan fingerprint density at radius 2 is 1.93 bits per heavy atom.